The van der Waals surface area contributed by atoms with Crippen molar-refractivity contribution in [1.82, 2.24) is 0 Å². The normalized spacial score (nSPS) is 43.2. The molecular weight excluding hydrogens is 280 g/mol. The lowest BCUT2D eigenvalue weighted by Crippen LogP contribution is -2.56. The molecule has 0 aromatic carbocycles. The number of esters is 1. The van der Waals surface area contributed by atoms with E-state index >= 15 is 0 Å². The Hall–Kier alpha value is -0.730. The third kappa shape index (κ3) is 2.93. The first-order valence-electron chi connectivity index (χ1n) is 7.17. The molecule has 0 amide bonds. The number of carbonyl (C=O) groups is 1. The summed E-state index contributed by atoms with van der Waals surface area (Å²) in [5, 5.41) is 0. The first kappa shape index (κ1) is 15.2. The topological polar surface area (TPSA) is 72.5 Å². The van der Waals surface area contributed by atoms with Gasteiger partial charge in [0.25, 0.3) is 0 Å². The summed E-state index contributed by atoms with van der Waals surface area (Å²) in [7, 11) is 0. The SMILES string of the molecule is CC(=O)OC[C@@H]1O[C@@H]2OC(C)(C)O[C@@H]2[C@H]2OC(C)(C)O[C@@H]21. The van der Waals surface area contributed by atoms with Crippen LogP contribution in [0.3, 0.4) is 0 Å². The summed E-state index contributed by atoms with van der Waals surface area (Å²) < 4.78 is 34.4. The van der Waals surface area contributed by atoms with Crippen molar-refractivity contribution in [3.63, 3.8) is 0 Å². The van der Waals surface area contributed by atoms with E-state index in [9.17, 15) is 4.79 Å². The molecule has 3 heterocycles. The van der Waals surface area contributed by atoms with Crippen molar-refractivity contribution >= 4 is 5.97 Å². The zero-order valence-electron chi connectivity index (χ0n) is 13.0. The van der Waals surface area contributed by atoms with Gasteiger partial charge in [0.15, 0.2) is 17.9 Å². The Morgan fingerprint density at radius 1 is 0.952 bits per heavy atom. The molecule has 7 nitrogen and oxygen atoms in total. The quantitative estimate of drug-likeness (QED) is 0.703. The van der Waals surface area contributed by atoms with Crippen molar-refractivity contribution in [2.24, 2.45) is 0 Å². The van der Waals surface area contributed by atoms with Gasteiger partial charge in [0.05, 0.1) is 0 Å². The Balaban J connectivity index is 1.80. The third-order valence-electron chi connectivity index (χ3n) is 3.70. The van der Waals surface area contributed by atoms with Crippen LogP contribution in [0.2, 0.25) is 0 Å². The number of hydrogen-bond donors (Lipinski definition) is 0. The van der Waals surface area contributed by atoms with Gasteiger partial charge in [0.1, 0.15) is 31.0 Å². The monoisotopic (exact) mass is 302 g/mol. The van der Waals surface area contributed by atoms with Crippen LogP contribution < -0.4 is 0 Å². The second-order valence-electron chi connectivity index (χ2n) is 6.51. The predicted octanol–water partition coefficient (Wildman–Crippen LogP) is 0.946. The van der Waals surface area contributed by atoms with Gasteiger partial charge in [0.2, 0.25) is 0 Å². The average Bonchev–Trinajstić information content (AvgIpc) is 2.80. The van der Waals surface area contributed by atoms with Gasteiger partial charge in [-0.2, -0.15) is 0 Å². The highest BCUT2D eigenvalue weighted by molar-refractivity contribution is 5.65. The van der Waals surface area contributed by atoms with Crippen LogP contribution in [0.4, 0.5) is 0 Å². The molecule has 0 spiro atoms. The molecule has 0 N–H and O–H groups in total. The largest absolute Gasteiger partial charge is 0.463 e. The van der Waals surface area contributed by atoms with E-state index in [1.165, 1.54) is 6.92 Å². The molecule has 120 valence electrons. The molecule has 7 heteroatoms. The number of ether oxygens (including phenoxy) is 6. The van der Waals surface area contributed by atoms with E-state index in [0.717, 1.165) is 0 Å². The van der Waals surface area contributed by atoms with Gasteiger partial charge in [-0.3, -0.25) is 4.79 Å². The van der Waals surface area contributed by atoms with E-state index in [2.05, 4.69) is 0 Å². The summed E-state index contributed by atoms with van der Waals surface area (Å²) in [6, 6.07) is 0. The van der Waals surface area contributed by atoms with E-state index in [-0.39, 0.29) is 30.9 Å². The van der Waals surface area contributed by atoms with Crippen LogP contribution in [0.25, 0.3) is 0 Å². The van der Waals surface area contributed by atoms with E-state index < -0.39 is 24.0 Å². The first-order valence-corrected chi connectivity index (χ1v) is 7.17. The second-order valence-corrected chi connectivity index (χ2v) is 6.51. The molecule has 0 aromatic rings. The lowest BCUT2D eigenvalue weighted by atomic mass is 9.99. The molecule has 0 saturated carbocycles. The summed E-state index contributed by atoms with van der Waals surface area (Å²) in [6.45, 7) is 8.78. The lowest BCUT2D eigenvalue weighted by Gasteiger charge is -2.36. The van der Waals surface area contributed by atoms with Crippen molar-refractivity contribution in [2.75, 3.05) is 6.61 Å². The summed E-state index contributed by atoms with van der Waals surface area (Å²) >= 11 is 0. The van der Waals surface area contributed by atoms with Crippen LogP contribution >= 0.6 is 0 Å². The van der Waals surface area contributed by atoms with Gasteiger partial charge in [-0.1, -0.05) is 0 Å². The molecule has 3 fully saturated rings. The molecule has 5 atom stereocenters. The zero-order valence-corrected chi connectivity index (χ0v) is 13.0. The van der Waals surface area contributed by atoms with Crippen LogP contribution in [0.5, 0.6) is 0 Å². The Labute approximate surface area is 123 Å². The summed E-state index contributed by atoms with van der Waals surface area (Å²) in [6.07, 6.45) is -2.04. The van der Waals surface area contributed by atoms with Gasteiger partial charge in [0, 0.05) is 6.92 Å². The highest BCUT2D eigenvalue weighted by Gasteiger charge is 2.60. The molecule has 0 aromatic heterocycles. The summed E-state index contributed by atoms with van der Waals surface area (Å²) in [4.78, 5) is 11.0. The van der Waals surface area contributed by atoms with Gasteiger partial charge in [-0.05, 0) is 27.7 Å². The maximum Gasteiger partial charge on any atom is 0.302 e. The van der Waals surface area contributed by atoms with Crippen LogP contribution in [-0.2, 0) is 33.2 Å². The van der Waals surface area contributed by atoms with E-state index in [4.69, 9.17) is 28.4 Å². The Kier molecular flexibility index (Phi) is 3.53. The fraction of sp³-hybridized carbons (Fsp3) is 0.929. The molecule has 0 unspecified atom stereocenters. The second kappa shape index (κ2) is 4.89. The van der Waals surface area contributed by atoms with E-state index in [0.29, 0.717) is 0 Å². The first-order chi connectivity index (χ1) is 9.67. The number of carbonyl (C=O) groups excluding carboxylic acids is 1. The third-order valence-corrected chi connectivity index (χ3v) is 3.70. The number of rotatable bonds is 2. The molecule has 3 rings (SSSR count). The van der Waals surface area contributed by atoms with Crippen molar-refractivity contribution < 1.29 is 33.2 Å². The maximum absolute atomic E-state index is 11.0. The Bertz CT molecular complexity index is 433. The van der Waals surface area contributed by atoms with Crippen LogP contribution in [0.1, 0.15) is 34.6 Å². The van der Waals surface area contributed by atoms with Gasteiger partial charge in [-0.25, -0.2) is 0 Å². The van der Waals surface area contributed by atoms with E-state index in [1.807, 2.05) is 27.7 Å². The molecular formula is C14H22O7. The molecule has 0 aliphatic carbocycles. The minimum atomic E-state index is -0.744. The lowest BCUT2D eigenvalue weighted by molar-refractivity contribution is -0.242. The standard InChI is InChI=1S/C14H22O7/c1-7(15)16-6-8-9-10(19-13(2,3)18-9)11-12(17-8)21-14(4,5)20-11/h8-12H,6H2,1-5H3/t8-,9+,10-,11+,12+/m0/s1. The van der Waals surface area contributed by atoms with Crippen molar-refractivity contribution in [1.29, 1.82) is 0 Å². The highest BCUT2D eigenvalue weighted by Crippen LogP contribution is 2.44. The van der Waals surface area contributed by atoms with Gasteiger partial charge < -0.3 is 28.4 Å². The minimum Gasteiger partial charge on any atom is -0.463 e. The fourth-order valence-corrected chi connectivity index (χ4v) is 3.03. The van der Waals surface area contributed by atoms with Crippen molar-refractivity contribution in [3.8, 4) is 0 Å². The fourth-order valence-electron chi connectivity index (χ4n) is 3.03. The number of fused-ring (bicyclic) bond motifs is 3. The van der Waals surface area contributed by atoms with E-state index in [1.54, 1.807) is 0 Å². The average molecular weight is 302 g/mol. The minimum absolute atomic E-state index is 0.100. The maximum atomic E-state index is 11.0. The Morgan fingerprint density at radius 2 is 1.52 bits per heavy atom. The smallest absolute Gasteiger partial charge is 0.302 e. The molecule has 0 bridgehead atoms. The molecule has 3 saturated heterocycles. The highest BCUT2D eigenvalue weighted by atomic mass is 16.9. The summed E-state index contributed by atoms with van der Waals surface area (Å²) in [5.74, 6) is -1.84. The van der Waals surface area contributed by atoms with Crippen molar-refractivity contribution in [2.45, 2.75) is 76.9 Å². The van der Waals surface area contributed by atoms with Gasteiger partial charge in [-0.15, -0.1) is 0 Å². The molecule has 3 aliphatic rings. The molecule has 3 aliphatic heterocycles. The molecule has 21 heavy (non-hydrogen) atoms. The Morgan fingerprint density at radius 3 is 2.19 bits per heavy atom. The van der Waals surface area contributed by atoms with Crippen molar-refractivity contribution in [3.05, 3.63) is 0 Å². The van der Waals surface area contributed by atoms with Crippen LogP contribution in [0, 0.1) is 0 Å². The van der Waals surface area contributed by atoms with Crippen LogP contribution in [0.15, 0.2) is 0 Å². The zero-order chi connectivity index (χ0) is 15.4. The predicted molar refractivity (Wildman–Crippen MR) is 69.2 cm³/mol. The van der Waals surface area contributed by atoms with Crippen LogP contribution in [-0.4, -0.2) is 54.9 Å². The number of hydrogen-bond acceptors (Lipinski definition) is 7. The molecule has 0 radical (unpaired) electrons. The summed E-state index contributed by atoms with van der Waals surface area (Å²) in [5.41, 5.74) is 0. The van der Waals surface area contributed by atoms with Gasteiger partial charge >= 0.3 is 5.97 Å².